The Morgan fingerprint density at radius 3 is 2.35 bits per heavy atom. The zero-order valence-electron chi connectivity index (χ0n) is 30.3. The Hall–Kier alpha value is -4.47. The van der Waals surface area contributed by atoms with Crippen LogP contribution in [0.25, 0.3) is 44.4 Å². The molecule has 0 radical (unpaired) electrons. The van der Waals surface area contributed by atoms with Crippen LogP contribution in [-0.4, -0.2) is 19.3 Å². The van der Waals surface area contributed by atoms with E-state index in [2.05, 4.69) is 112 Å². The standard InChI is InChI=1S/C45H46N4O.Pt/c1-6-7-15-35-25-26-46-44(28-35)48-42-24-21-34(16-12-11-14-31(2)3)27-41(42)40-23-22-39(30-43(40)48)50-38-20-13-19-37(29-38)49-33(5)45(32(4)47-49)36-17-9-8-10-18-36;/h8-10,13,17-28,31H,6-7,11-12,14-16H2,1-5H3;/q-2;+2. The van der Waals surface area contributed by atoms with Crippen molar-refractivity contribution < 1.29 is 25.8 Å². The molecule has 5 nitrogen and oxygen atoms in total. The number of nitrogens with zero attached hydrogens (tertiary/aromatic N) is 4. The van der Waals surface area contributed by atoms with Crippen LogP contribution in [0.2, 0.25) is 0 Å². The number of aryl methyl sites for hydroxylation is 3. The van der Waals surface area contributed by atoms with Crippen LogP contribution in [0, 0.1) is 31.9 Å². The molecular weight excluding hydrogens is 808 g/mol. The average Bonchev–Trinajstić information content (AvgIpc) is 3.61. The van der Waals surface area contributed by atoms with E-state index in [1.165, 1.54) is 35.8 Å². The number of aromatic nitrogens is 4. The summed E-state index contributed by atoms with van der Waals surface area (Å²) in [5.74, 6) is 2.89. The van der Waals surface area contributed by atoms with E-state index in [9.17, 15) is 0 Å². The summed E-state index contributed by atoms with van der Waals surface area (Å²) in [6, 6.07) is 38.9. The van der Waals surface area contributed by atoms with Gasteiger partial charge in [0.05, 0.1) is 5.69 Å². The number of pyridine rings is 1. The second kappa shape index (κ2) is 16.3. The third-order valence-corrected chi connectivity index (χ3v) is 9.62. The summed E-state index contributed by atoms with van der Waals surface area (Å²) in [4.78, 5) is 4.87. The van der Waals surface area contributed by atoms with E-state index >= 15 is 0 Å². The fourth-order valence-corrected chi connectivity index (χ4v) is 7.06. The van der Waals surface area contributed by atoms with Crippen molar-refractivity contribution in [1.29, 1.82) is 0 Å². The third kappa shape index (κ3) is 7.90. The molecular formula is C45H46N4OPt. The van der Waals surface area contributed by atoms with Gasteiger partial charge in [0.2, 0.25) is 0 Å². The van der Waals surface area contributed by atoms with Gasteiger partial charge in [-0.05, 0) is 91.4 Å². The molecule has 0 fully saturated rings. The van der Waals surface area contributed by atoms with Gasteiger partial charge in [-0.15, -0.1) is 35.7 Å². The molecule has 7 rings (SSSR count). The molecule has 0 amide bonds. The molecule has 4 aromatic carbocycles. The topological polar surface area (TPSA) is 44.9 Å². The summed E-state index contributed by atoms with van der Waals surface area (Å²) in [6.07, 6.45) is 10.1. The summed E-state index contributed by atoms with van der Waals surface area (Å²) in [5.41, 5.74) is 9.92. The van der Waals surface area contributed by atoms with E-state index in [0.717, 1.165) is 82.0 Å². The van der Waals surface area contributed by atoms with E-state index < -0.39 is 0 Å². The van der Waals surface area contributed by atoms with Crippen molar-refractivity contribution in [3.05, 3.63) is 132 Å². The van der Waals surface area contributed by atoms with Gasteiger partial charge in [0.15, 0.2) is 0 Å². The molecule has 0 unspecified atom stereocenters. The number of ether oxygens (including phenoxy) is 1. The van der Waals surface area contributed by atoms with Crippen LogP contribution >= 0.6 is 0 Å². The Morgan fingerprint density at radius 2 is 1.55 bits per heavy atom. The van der Waals surface area contributed by atoms with Crippen molar-refractivity contribution in [2.24, 2.45) is 5.92 Å². The molecule has 0 aliphatic rings. The largest absolute Gasteiger partial charge is 2.00 e. The monoisotopic (exact) mass is 853 g/mol. The molecule has 0 bridgehead atoms. The van der Waals surface area contributed by atoms with Crippen LogP contribution in [0.3, 0.4) is 0 Å². The summed E-state index contributed by atoms with van der Waals surface area (Å²) < 4.78 is 10.7. The van der Waals surface area contributed by atoms with Gasteiger partial charge in [0.1, 0.15) is 5.82 Å². The van der Waals surface area contributed by atoms with Gasteiger partial charge in [-0.3, -0.25) is 4.68 Å². The van der Waals surface area contributed by atoms with Gasteiger partial charge in [0, 0.05) is 34.5 Å². The molecule has 0 spiro atoms. The first-order valence-electron chi connectivity index (χ1n) is 18.2. The van der Waals surface area contributed by atoms with Crippen molar-refractivity contribution >= 4 is 21.8 Å². The zero-order valence-corrected chi connectivity index (χ0v) is 32.6. The van der Waals surface area contributed by atoms with Gasteiger partial charge < -0.3 is 9.30 Å². The Kier molecular flexibility index (Phi) is 11.6. The number of fused-ring (bicyclic) bond motifs is 3. The van der Waals surface area contributed by atoms with Gasteiger partial charge >= 0.3 is 21.1 Å². The fourth-order valence-electron chi connectivity index (χ4n) is 7.06. The molecule has 262 valence electrons. The maximum Gasteiger partial charge on any atom is 2.00 e. The molecule has 3 heterocycles. The normalized spacial score (nSPS) is 11.4. The summed E-state index contributed by atoms with van der Waals surface area (Å²) >= 11 is 0. The molecule has 7 aromatic rings. The van der Waals surface area contributed by atoms with Crippen LogP contribution in [0.15, 0.2) is 97.2 Å². The number of hydrogen-bond donors (Lipinski definition) is 0. The first-order chi connectivity index (χ1) is 24.4. The smallest absolute Gasteiger partial charge is 0.509 e. The zero-order chi connectivity index (χ0) is 34.6. The SMILES string of the molecule is CCCCc1ccnc(-n2c3[c-]c(Oc4[c-]c(-n5nc(C)c(-c6ccccc6)c5C)ccc4)ccc3c3cc(CCCCC(C)C)ccc32)c1.[Pt+2]. The Labute approximate surface area is 317 Å². The van der Waals surface area contributed by atoms with Crippen molar-refractivity contribution in [1.82, 2.24) is 19.3 Å². The molecule has 0 atom stereocenters. The van der Waals surface area contributed by atoms with E-state index in [1.54, 1.807) is 0 Å². The maximum absolute atomic E-state index is 6.50. The predicted molar refractivity (Wildman–Crippen MR) is 206 cm³/mol. The van der Waals surface area contributed by atoms with Crippen molar-refractivity contribution in [2.45, 2.75) is 79.6 Å². The van der Waals surface area contributed by atoms with E-state index in [0.29, 0.717) is 11.5 Å². The number of unbranched alkanes of at least 4 members (excludes halogenated alkanes) is 2. The van der Waals surface area contributed by atoms with Crippen LogP contribution in [-0.2, 0) is 33.9 Å². The Bertz CT molecular complexity index is 2250. The second-order valence-electron chi connectivity index (χ2n) is 13.9. The first kappa shape index (κ1) is 36.3. The molecule has 0 aliphatic carbocycles. The first-order valence-corrected chi connectivity index (χ1v) is 18.2. The maximum atomic E-state index is 6.50. The van der Waals surface area contributed by atoms with Crippen LogP contribution < -0.4 is 4.74 Å². The van der Waals surface area contributed by atoms with Gasteiger partial charge in [-0.25, -0.2) is 4.98 Å². The molecule has 0 aliphatic heterocycles. The third-order valence-electron chi connectivity index (χ3n) is 9.62. The molecule has 6 heteroatoms. The molecule has 3 aromatic heterocycles. The molecule has 0 saturated carbocycles. The van der Waals surface area contributed by atoms with Gasteiger partial charge in [-0.1, -0.05) is 88.0 Å². The minimum absolute atomic E-state index is 0. The Balaban J connectivity index is 0.00000448. The average molecular weight is 854 g/mol. The number of hydrogen-bond acceptors (Lipinski definition) is 3. The van der Waals surface area contributed by atoms with Gasteiger partial charge in [0.25, 0.3) is 0 Å². The fraction of sp³-hybridized carbons (Fsp3) is 0.289. The van der Waals surface area contributed by atoms with E-state index in [1.807, 2.05) is 41.2 Å². The van der Waals surface area contributed by atoms with Crippen LogP contribution in [0.1, 0.15) is 75.4 Å². The quantitative estimate of drug-likeness (QED) is 0.0857. The van der Waals surface area contributed by atoms with Crippen molar-refractivity contribution in [3.63, 3.8) is 0 Å². The summed E-state index contributed by atoms with van der Waals surface area (Å²) in [6.45, 7) is 11.0. The van der Waals surface area contributed by atoms with Crippen molar-refractivity contribution in [2.75, 3.05) is 0 Å². The number of benzene rings is 4. The Morgan fingerprint density at radius 1 is 0.765 bits per heavy atom. The van der Waals surface area contributed by atoms with E-state index in [4.69, 9.17) is 14.8 Å². The van der Waals surface area contributed by atoms with Crippen LogP contribution in [0.4, 0.5) is 0 Å². The summed E-state index contributed by atoms with van der Waals surface area (Å²) in [5, 5.41) is 7.25. The predicted octanol–water partition coefficient (Wildman–Crippen LogP) is 11.7. The molecule has 0 N–H and O–H groups in total. The minimum atomic E-state index is 0. The molecule has 51 heavy (non-hydrogen) atoms. The molecule has 0 saturated heterocycles. The van der Waals surface area contributed by atoms with Crippen LogP contribution in [0.5, 0.6) is 11.5 Å². The van der Waals surface area contributed by atoms with Crippen molar-refractivity contribution in [3.8, 4) is 34.1 Å². The van der Waals surface area contributed by atoms with E-state index in [-0.39, 0.29) is 21.1 Å². The second-order valence-corrected chi connectivity index (χ2v) is 13.9. The van der Waals surface area contributed by atoms with Gasteiger partial charge in [-0.2, -0.15) is 17.2 Å². The minimum Gasteiger partial charge on any atom is -0.509 e. The number of rotatable bonds is 13. The summed E-state index contributed by atoms with van der Waals surface area (Å²) in [7, 11) is 0.